The molecule has 0 saturated carbocycles. The number of aryl methyl sites for hydroxylation is 2. The van der Waals surface area contributed by atoms with E-state index in [4.69, 9.17) is 6.57 Å². The molecule has 3 aromatic heterocycles. The summed E-state index contributed by atoms with van der Waals surface area (Å²) in [5, 5.41) is 11.8. The molecule has 0 aliphatic rings. The summed E-state index contributed by atoms with van der Waals surface area (Å²) in [4.78, 5) is 19.4. The smallest absolute Gasteiger partial charge is 0.354 e. The van der Waals surface area contributed by atoms with Crippen molar-refractivity contribution in [3.8, 4) is 33.5 Å². The lowest BCUT2D eigenvalue weighted by molar-refractivity contribution is 0.0690. The quantitative estimate of drug-likeness (QED) is 0.192. The fourth-order valence-electron chi connectivity index (χ4n) is 5.23. The number of nitrogens with zero attached hydrogens (tertiary/aromatic N) is 3. The Labute approximate surface area is 251 Å². The molecule has 3 aromatic carbocycles. The maximum Gasteiger partial charge on any atom is 0.354 e. The van der Waals surface area contributed by atoms with Gasteiger partial charge in [0.1, 0.15) is 11.5 Å². The monoisotopic (exact) mass is 607 g/mol. The molecule has 0 unspecified atom stereocenters. The molecule has 212 valence electrons. The Morgan fingerprint density at radius 1 is 0.953 bits per heavy atom. The summed E-state index contributed by atoms with van der Waals surface area (Å²) in [7, 11) is -4.22. The van der Waals surface area contributed by atoms with E-state index in [1.54, 1.807) is 54.8 Å². The minimum absolute atomic E-state index is 0.0586. The molecular weight excluding hydrogens is 586 g/mol. The van der Waals surface area contributed by atoms with E-state index in [-0.39, 0.29) is 21.8 Å². The predicted octanol–water partition coefficient (Wildman–Crippen LogP) is 8.34. The molecule has 7 nitrogen and oxygen atoms in total. The van der Waals surface area contributed by atoms with E-state index in [9.17, 15) is 22.7 Å². The van der Waals surface area contributed by atoms with Gasteiger partial charge in [-0.3, -0.25) is 0 Å². The van der Waals surface area contributed by atoms with E-state index < -0.39 is 21.8 Å². The number of hydrogen-bond acceptors (Lipinski definition) is 5. The number of halogens is 1. The Kier molecular flexibility index (Phi) is 6.92. The van der Waals surface area contributed by atoms with Gasteiger partial charge in [0.05, 0.1) is 22.7 Å². The Hall–Kier alpha value is -5.11. The molecular formula is C33H22FN3O4S2. The Balaban J connectivity index is 1.72. The Morgan fingerprint density at radius 2 is 1.70 bits per heavy atom. The zero-order chi connectivity index (χ0) is 30.5. The maximum atomic E-state index is 14.8. The molecule has 6 rings (SSSR count). The molecule has 3 heterocycles. The minimum atomic E-state index is -4.22. The van der Waals surface area contributed by atoms with Crippen LogP contribution in [0, 0.1) is 26.2 Å². The molecule has 43 heavy (non-hydrogen) atoms. The topological polar surface area (TPSA) is 93.6 Å². The van der Waals surface area contributed by atoms with Gasteiger partial charge in [-0.1, -0.05) is 48.0 Å². The standard InChI is InChI=1S/C33H22FN3O4S2/c1-19-7-10-24(11-8-19)43(40,41)37-29-14-9-23(34)18-27(29)30(26-15-16-42-32(26)35-3)31(37)22-6-4-5-21(17-22)25-12-13-28(33(38)39)36-20(25)2/h4-18H,1-2H3,(H,38,39). The van der Waals surface area contributed by atoms with E-state index in [0.717, 1.165) is 5.56 Å². The fraction of sp³-hybridized carbons (Fsp3) is 0.0606. The van der Waals surface area contributed by atoms with Crippen LogP contribution in [-0.2, 0) is 10.0 Å². The van der Waals surface area contributed by atoms with Crippen LogP contribution in [0.1, 0.15) is 21.7 Å². The summed E-state index contributed by atoms with van der Waals surface area (Å²) in [6, 6.07) is 22.4. The van der Waals surface area contributed by atoms with Gasteiger partial charge in [0.15, 0.2) is 0 Å². The van der Waals surface area contributed by atoms with Crippen molar-refractivity contribution in [3.63, 3.8) is 0 Å². The first-order chi connectivity index (χ1) is 20.6. The number of fused-ring (bicyclic) bond motifs is 1. The van der Waals surface area contributed by atoms with Gasteiger partial charge in [-0.25, -0.2) is 31.4 Å². The first-order valence-electron chi connectivity index (χ1n) is 13.0. The van der Waals surface area contributed by atoms with Crippen molar-refractivity contribution in [1.82, 2.24) is 8.96 Å². The number of rotatable bonds is 6. The van der Waals surface area contributed by atoms with Crippen molar-refractivity contribution in [2.75, 3.05) is 0 Å². The van der Waals surface area contributed by atoms with Gasteiger partial charge in [0.25, 0.3) is 10.0 Å². The van der Waals surface area contributed by atoms with E-state index in [1.165, 1.54) is 51.7 Å². The van der Waals surface area contributed by atoms with Crippen LogP contribution in [0.5, 0.6) is 0 Å². The van der Waals surface area contributed by atoms with Crippen molar-refractivity contribution in [2.24, 2.45) is 0 Å². The highest BCUT2D eigenvalue weighted by Gasteiger charge is 2.30. The maximum absolute atomic E-state index is 14.8. The second-order valence-corrected chi connectivity index (χ2v) is 12.6. The number of carboxylic acids is 1. The van der Waals surface area contributed by atoms with Gasteiger partial charge in [-0.15, -0.1) is 0 Å². The zero-order valence-corrected chi connectivity index (χ0v) is 24.5. The molecule has 10 heteroatoms. The lowest BCUT2D eigenvalue weighted by atomic mass is 9.96. The molecule has 0 atom stereocenters. The molecule has 6 aromatic rings. The van der Waals surface area contributed by atoms with Crippen molar-refractivity contribution in [1.29, 1.82) is 0 Å². The number of aromatic carboxylic acids is 1. The predicted molar refractivity (Wildman–Crippen MR) is 166 cm³/mol. The number of carbonyl (C=O) groups is 1. The van der Waals surface area contributed by atoms with E-state index in [2.05, 4.69) is 9.83 Å². The largest absolute Gasteiger partial charge is 0.477 e. The van der Waals surface area contributed by atoms with Gasteiger partial charge in [-0.05, 0) is 67.3 Å². The molecule has 0 saturated heterocycles. The molecule has 0 aliphatic heterocycles. The number of aromatic nitrogens is 2. The Morgan fingerprint density at radius 3 is 2.40 bits per heavy atom. The van der Waals surface area contributed by atoms with Gasteiger partial charge in [0.2, 0.25) is 5.00 Å². The molecule has 0 fully saturated rings. The van der Waals surface area contributed by atoms with Crippen LogP contribution in [-0.4, -0.2) is 28.5 Å². The number of benzene rings is 3. The van der Waals surface area contributed by atoms with E-state index in [0.29, 0.717) is 43.9 Å². The van der Waals surface area contributed by atoms with Crippen LogP contribution in [0.25, 0.3) is 49.3 Å². The van der Waals surface area contributed by atoms with Crippen LogP contribution in [0.2, 0.25) is 0 Å². The third kappa shape index (κ3) is 4.78. The van der Waals surface area contributed by atoms with Crippen LogP contribution < -0.4 is 0 Å². The fourth-order valence-corrected chi connectivity index (χ4v) is 7.46. The lowest BCUT2D eigenvalue weighted by Gasteiger charge is -2.15. The first-order valence-corrected chi connectivity index (χ1v) is 15.4. The second kappa shape index (κ2) is 10.6. The van der Waals surface area contributed by atoms with Gasteiger partial charge in [-0.2, -0.15) is 11.3 Å². The van der Waals surface area contributed by atoms with Crippen molar-refractivity contribution in [2.45, 2.75) is 18.7 Å². The molecule has 0 amide bonds. The zero-order valence-electron chi connectivity index (χ0n) is 22.9. The summed E-state index contributed by atoms with van der Waals surface area (Å²) in [6.07, 6.45) is 0. The van der Waals surface area contributed by atoms with E-state index >= 15 is 0 Å². The average molecular weight is 608 g/mol. The van der Waals surface area contributed by atoms with Gasteiger partial charge in [0, 0.05) is 33.3 Å². The highest BCUT2D eigenvalue weighted by atomic mass is 32.2. The molecule has 0 aliphatic carbocycles. The molecule has 0 bridgehead atoms. The van der Waals surface area contributed by atoms with Gasteiger partial charge >= 0.3 is 5.97 Å². The minimum Gasteiger partial charge on any atom is -0.477 e. The first kappa shape index (κ1) is 28.0. The average Bonchev–Trinajstić information content (AvgIpc) is 3.59. The summed E-state index contributed by atoms with van der Waals surface area (Å²) < 4.78 is 44.9. The number of pyridine rings is 1. The SMILES string of the molecule is [C-]#[N+]c1sccc1-c1c(-c2cccc(-c3ccc(C(=O)O)nc3C)c2)n(S(=O)(=O)c2ccc(C)cc2)c2ccc(F)cc12. The third-order valence-corrected chi connectivity index (χ3v) is 9.75. The third-order valence-electron chi connectivity index (χ3n) is 7.21. The van der Waals surface area contributed by atoms with Crippen molar-refractivity contribution < 1.29 is 22.7 Å². The van der Waals surface area contributed by atoms with Crippen LogP contribution in [0.4, 0.5) is 9.39 Å². The number of hydrogen-bond donors (Lipinski definition) is 1. The molecule has 1 N–H and O–H groups in total. The lowest BCUT2D eigenvalue weighted by Crippen LogP contribution is -2.14. The number of carboxylic acid groups (broad SMARTS) is 1. The van der Waals surface area contributed by atoms with Crippen LogP contribution in [0.3, 0.4) is 0 Å². The highest BCUT2D eigenvalue weighted by molar-refractivity contribution is 7.90. The van der Waals surface area contributed by atoms with Crippen LogP contribution in [0.15, 0.2) is 95.2 Å². The summed E-state index contributed by atoms with van der Waals surface area (Å²) in [5.41, 5.74) is 4.60. The highest BCUT2D eigenvalue weighted by Crippen LogP contribution is 2.48. The number of thiophene rings is 1. The molecule has 0 radical (unpaired) electrons. The normalized spacial score (nSPS) is 11.5. The Bertz CT molecular complexity index is 2230. The molecule has 0 spiro atoms. The van der Waals surface area contributed by atoms with Crippen molar-refractivity contribution in [3.05, 3.63) is 124 Å². The van der Waals surface area contributed by atoms with Gasteiger partial charge < -0.3 is 5.11 Å². The summed E-state index contributed by atoms with van der Waals surface area (Å²) in [5.74, 6) is -1.68. The summed E-state index contributed by atoms with van der Waals surface area (Å²) in [6.45, 7) is 11.3. The van der Waals surface area contributed by atoms with E-state index in [1.807, 2.05) is 13.0 Å². The second-order valence-electron chi connectivity index (χ2n) is 9.93. The summed E-state index contributed by atoms with van der Waals surface area (Å²) >= 11 is 1.22. The van der Waals surface area contributed by atoms with Crippen LogP contribution >= 0.6 is 11.3 Å². The van der Waals surface area contributed by atoms with Crippen molar-refractivity contribution >= 4 is 43.2 Å².